The summed E-state index contributed by atoms with van der Waals surface area (Å²) in [5.41, 5.74) is 0.0470. The van der Waals surface area contributed by atoms with Crippen LogP contribution in [-0.2, 0) is 16.8 Å². The predicted octanol–water partition coefficient (Wildman–Crippen LogP) is 3.35. The van der Waals surface area contributed by atoms with Gasteiger partial charge in [0.25, 0.3) is 0 Å². The van der Waals surface area contributed by atoms with E-state index in [2.05, 4.69) is 16.9 Å². The molecule has 23 heavy (non-hydrogen) atoms. The van der Waals surface area contributed by atoms with Crippen LogP contribution in [0.4, 0.5) is 0 Å². The summed E-state index contributed by atoms with van der Waals surface area (Å²) < 4.78 is 2.74. The van der Waals surface area contributed by atoms with E-state index in [1.165, 1.54) is 0 Å². The summed E-state index contributed by atoms with van der Waals surface area (Å²) in [6.07, 6.45) is 10.5. The molecule has 124 valence electrons. The summed E-state index contributed by atoms with van der Waals surface area (Å²) in [6.45, 7) is 4.67. The molecule has 0 spiro atoms. The molecule has 0 aromatic carbocycles. The monoisotopic (exact) mass is 352 g/mol. The van der Waals surface area contributed by atoms with Crippen LogP contribution in [0.2, 0.25) is 4.34 Å². The number of carbonyl (C=O) groups excluding carboxylic acids is 1. The number of aryl methyl sites for hydroxylation is 1. The highest BCUT2D eigenvalue weighted by Gasteiger charge is 2.35. The van der Waals surface area contributed by atoms with Gasteiger partial charge in [-0.3, -0.25) is 4.79 Å². The van der Waals surface area contributed by atoms with Crippen LogP contribution in [0.1, 0.15) is 37.6 Å². The lowest BCUT2D eigenvalue weighted by Gasteiger charge is -2.38. The van der Waals surface area contributed by atoms with Crippen molar-refractivity contribution in [1.82, 2.24) is 19.4 Å². The van der Waals surface area contributed by atoms with Gasteiger partial charge in [0.05, 0.1) is 12.5 Å². The Morgan fingerprint density at radius 2 is 2.22 bits per heavy atom. The van der Waals surface area contributed by atoms with Gasteiger partial charge >= 0.3 is 0 Å². The molecule has 7 heteroatoms. The number of amides is 1. The molecule has 1 amide bonds. The van der Waals surface area contributed by atoms with E-state index < -0.39 is 0 Å². The molecule has 1 saturated heterocycles. The quantitative estimate of drug-likeness (QED) is 0.829. The lowest BCUT2D eigenvalue weighted by atomic mass is 9.81. The van der Waals surface area contributed by atoms with Gasteiger partial charge in [-0.1, -0.05) is 18.5 Å². The minimum Gasteiger partial charge on any atom is -0.343 e. The summed E-state index contributed by atoms with van der Waals surface area (Å²) in [5, 5.41) is 1.09. The molecule has 1 aliphatic rings. The fraction of sp³-hybridized carbons (Fsp3) is 0.562. The highest BCUT2D eigenvalue weighted by atomic mass is 35.5. The molecule has 3 heterocycles. The Kier molecular flexibility index (Phi) is 5.02. The van der Waals surface area contributed by atoms with Crippen LogP contribution in [0.15, 0.2) is 24.9 Å². The molecule has 0 radical (unpaired) electrons. The first-order chi connectivity index (χ1) is 11.1. The molecule has 0 saturated carbocycles. The number of piperidine rings is 1. The highest BCUT2D eigenvalue weighted by Crippen LogP contribution is 2.38. The fourth-order valence-corrected chi connectivity index (χ4v) is 4.10. The largest absolute Gasteiger partial charge is 0.343 e. The van der Waals surface area contributed by atoms with Crippen molar-refractivity contribution in [3.8, 4) is 0 Å². The van der Waals surface area contributed by atoms with Crippen LogP contribution in [0.3, 0.4) is 0 Å². The van der Waals surface area contributed by atoms with Crippen LogP contribution >= 0.6 is 22.9 Å². The van der Waals surface area contributed by atoms with Crippen molar-refractivity contribution < 1.29 is 4.79 Å². The molecular formula is C16H21ClN4OS. The number of hydrogen-bond acceptors (Lipinski definition) is 4. The van der Waals surface area contributed by atoms with Crippen LogP contribution in [0.25, 0.3) is 0 Å². The number of likely N-dealkylation sites (tertiary alicyclic amines) is 1. The third-order valence-corrected chi connectivity index (χ3v) is 6.00. The molecule has 2 aromatic heterocycles. The summed E-state index contributed by atoms with van der Waals surface area (Å²) in [5.74, 6) is 0.254. The third-order valence-electron chi connectivity index (χ3n) is 4.58. The van der Waals surface area contributed by atoms with Gasteiger partial charge in [-0.15, -0.1) is 11.3 Å². The van der Waals surface area contributed by atoms with Gasteiger partial charge in [-0.25, -0.2) is 9.97 Å². The van der Waals surface area contributed by atoms with Crippen molar-refractivity contribution in [3.63, 3.8) is 0 Å². The van der Waals surface area contributed by atoms with E-state index in [9.17, 15) is 4.79 Å². The summed E-state index contributed by atoms with van der Waals surface area (Å²) in [6, 6.07) is 0. The SMILES string of the molecule is CC1(c2ncc(Cl)s2)CCN(C(=O)CCCn2ccnc2)CC1. The maximum absolute atomic E-state index is 12.3. The second-order valence-electron chi connectivity index (χ2n) is 6.32. The summed E-state index contributed by atoms with van der Waals surface area (Å²) in [4.78, 5) is 22.8. The van der Waals surface area contributed by atoms with Gasteiger partial charge in [0.2, 0.25) is 5.91 Å². The predicted molar refractivity (Wildman–Crippen MR) is 91.8 cm³/mol. The summed E-state index contributed by atoms with van der Waals surface area (Å²) >= 11 is 7.56. The normalized spacial score (nSPS) is 17.4. The molecule has 2 aromatic rings. The minimum atomic E-state index is 0.0470. The first kappa shape index (κ1) is 16.5. The zero-order valence-electron chi connectivity index (χ0n) is 13.2. The minimum absolute atomic E-state index is 0.0470. The van der Waals surface area contributed by atoms with E-state index in [0.29, 0.717) is 6.42 Å². The van der Waals surface area contributed by atoms with Crippen LogP contribution in [0, 0.1) is 0 Å². The first-order valence-corrected chi connectivity index (χ1v) is 9.12. The Balaban J connectivity index is 1.47. The zero-order chi connectivity index (χ0) is 16.3. The van der Waals surface area contributed by atoms with Gasteiger partial charge in [0.15, 0.2) is 0 Å². The third kappa shape index (κ3) is 3.93. The Hall–Kier alpha value is -1.40. The van der Waals surface area contributed by atoms with Crippen molar-refractivity contribution in [2.24, 2.45) is 0 Å². The number of nitrogens with zero attached hydrogens (tertiary/aromatic N) is 4. The summed E-state index contributed by atoms with van der Waals surface area (Å²) in [7, 11) is 0. The number of rotatable bonds is 5. The molecule has 1 aliphatic heterocycles. The van der Waals surface area contributed by atoms with Crippen molar-refractivity contribution in [2.75, 3.05) is 13.1 Å². The molecule has 1 fully saturated rings. The van der Waals surface area contributed by atoms with E-state index in [-0.39, 0.29) is 11.3 Å². The number of aromatic nitrogens is 3. The Labute approximate surface area is 145 Å². The average Bonchev–Trinajstić information content (AvgIpc) is 3.20. The number of carbonyl (C=O) groups is 1. The maximum Gasteiger partial charge on any atom is 0.222 e. The highest BCUT2D eigenvalue weighted by molar-refractivity contribution is 7.15. The lowest BCUT2D eigenvalue weighted by Crippen LogP contribution is -2.43. The smallest absolute Gasteiger partial charge is 0.222 e. The van der Waals surface area contributed by atoms with Crippen molar-refractivity contribution in [3.05, 3.63) is 34.3 Å². The van der Waals surface area contributed by atoms with E-state index >= 15 is 0 Å². The zero-order valence-corrected chi connectivity index (χ0v) is 14.8. The first-order valence-electron chi connectivity index (χ1n) is 7.92. The Morgan fingerprint density at radius 3 is 2.83 bits per heavy atom. The van der Waals surface area contributed by atoms with Crippen LogP contribution in [-0.4, -0.2) is 38.4 Å². The van der Waals surface area contributed by atoms with E-state index in [4.69, 9.17) is 11.6 Å². The Morgan fingerprint density at radius 1 is 1.43 bits per heavy atom. The van der Waals surface area contributed by atoms with Crippen molar-refractivity contribution in [1.29, 1.82) is 0 Å². The number of halogens is 1. The maximum atomic E-state index is 12.3. The van der Waals surface area contributed by atoms with Gasteiger partial charge < -0.3 is 9.47 Å². The second kappa shape index (κ2) is 7.01. The standard InChI is InChI=1S/C16H21ClN4OS/c1-16(15-19-11-13(17)23-15)4-8-21(9-5-16)14(22)3-2-7-20-10-6-18-12-20/h6,10-12H,2-5,7-9H2,1H3. The average molecular weight is 353 g/mol. The van der Waals surface area contributed by atoms with Crippen LogP contribution in [0.5, 0.6) is 0 Å². The van der Waals surface area contributed by atoms with E-state index in [1.54, 1.807) is 30.1 Å². The Bertz CT molecular complexity index is 647. The molecule has 0 atom stereocenters. The molecule has 5 nitrogen and oxygen atoms in total. The fourth-order valence-electron chi connectivity index (χ4n) is 2.99. The van der Waals surface area contributed by atoms with Gasteiger partial charge in [0.1, 0.15) is 9.34 Å². The lowest BCUT2D eigenvalue weighted by molar-refractivity contribution is -0.132. The molecule has 0 N–H and O–H groups in total. The van der Waals surface area contributed by atoms with Gasteiger partial charge in [0, 0.05) is 43.9 Å². The van der Waals surface area contributed by atoms with E-state index in [0.717, 1.165) is 48.2 Å². The molecule has 3 rings (SSSR count). The number of hydrogen-bond donors (Lipinski definition) is 0. The molecule has 0 aliphatic carbocycles. The molecule has 0 unspecified atom stereocenters. The van der Waals surface area contributed by atoms with Crippen molar-refractivity contribution >= 4 is 28.8 Å². The van der Waals surface area contributed by atoms with Crippen molar-refractivity contribution in [2.45, 2.75) is 44.6 Å². The topological polar surface area (TPSA) is 51.0 Å². The molecule has 0 bridgehead atoms. The van der Waals surface area contributed by atoms with Crippen LogP contribution < -0.4 is 0 Å². The number of imidazole rings is 1. The number of thiazole rings is 1. The van der Waals surface area contributed by atoms with E-state index in [1.807, 2.05) is 15.7 Å². The molecular weight excluding hydrogens is 332 g/mol. The second-order valence-corrected chi connectivity index (χ2v) is 7.98. The van der Waals surface area contributed by atoms with Gasteiger partial charge in [-0.05, 0) is 19.3 Å². The van der Waals surface area contributed by atoms with Gasteiger partial charge in [-0.2, -0.15) is 0 Å².